The van der Waals surface area contributed by atoms with Crippen LogP contribution in [0.3, 0.4) is 0 Å². The van der Waals surface area contributed by atoms with Crippen LogP contribution in [0.4, 0.5) is 0 Å². The lowest BCUT2D eigenvalue weighted by atomic mass is 9.89. The first-order chi connectivity index (χ1) is 9.31. The maximum atomic E-state index is 6.01. The zero-order valence-corrected chi connectivity index (χ0v) is 11.4. The SMILES string of the molecule is CNC1c2cccc(-c3ccccc3)c2OCC1C. The van der Waals surface area contributed by atoms with E-state index in [2.05, 4.69) is 54.7 Å². The molecule has 0 bridgehead atoms. The largest absolute Gasteiger partial charge is 0.492 e. The maximum Gasteiger partial charge on any atom is 0.131 e. The molecule has 98 valence electrons. The molecule has 0 aliphatic carbocycles. The average molecular weight is 253 g/mol. The normalized spacial score (nSPS) is 21.6. The van der Waals surface area contributed by atoms with E-state index in [0.29, 0.717) is 12.0 Å². The van der Waals surface area contributed by atoms with E-state index in [-0.39, 0.29) is 0 Å². The quantitative estimate of drug-likeness (QED) is 0.882. The van der Waals surface area contributed by atoms with Crippen LogP contribution < -0.4 is 10.1 Å². The van der Waals surface area contributed by atoms with Crippen LogP contribution in [0.1, 0.15) is 18.5 Å². The number of hydrogen-bond donors (Lipinski definition) is 1. The van der Waals surface area contributed by atoms with E-state index in [9.17, 15) is 0 Å². The van der Waals surface area contributed by atoms with Crippen molar-refractivity contribution in [1.29, 1.82) is 0 Å². The number of ether oxygens (including phenoxy) is 1. The highest BCUT2D eigenvalue weighted by atomic mass is 16.5. The average Bonchev–Trinajstić information content (AvgIpc) is 2.47. The van der Waals surface area contributed by atoms with Crippen molar-refractivity contribution in [2.24, 2.45) is 5.92 Å². The highest BCUT2D eigenvalue weighted by molar-refractivity contribution is 5.72. The van der Waals surface area contributed by atoms with Crippen LogP contribution in [-0.4, -0.2) is 13.7 Å². The lowest BCUT2D eigenvalue weighted by molar-refractivity contribution is 0.194. The lowest BCUT2D eigenvalue weighted by Gasteiger charge is -2.32. The number of para-hydroxylation sites is 1. The van der Waals surface area contributed by atoms with E-state index in [4.69, 9.17) is 4.74 Å². The summed E-state index contributed by atoms with van der Waals surface area (Å²) in [6.07, 6.45) is 0. The summed E-state index contributed by atoms with van der Waals surface area (Å²) in [4.78, 5) is 0. The Bertz CT molecular complexity index is 565. The zero-order chi connectivity index (χ0) is 13.2. The van der Waals surface area contributed by atoms with Crippen molar-refractivity contribution in [3.8, 4) is 16.9 Å². The Kier molecular flexibility index (Phi) is 3.26. The maximum absolute atomic E-state index is 6.01. The van der Waals surface area contributed by atoms with Crippen molar-refractivity contribution >= 4 is 0 Å². The van der Waals surface area contributed by atoms with E-state index in [0.717, 1.165) is 12.4 Å². The Morgan fingerprint density at radius 1 is 1.05 bits per heavy atom. The molecule has 2 unspecified atom stereocenters. The zero-order valence-electron chi connectivity index (χ0n) is 11.4. The van der Waals surface area contributed by atoms with Gasteiger partial charge in [0.15, 0.2) is 0 Å². The molecule has 0 saturated heterocycles. The van der Waals surface area contributed by atoms with Gasteiger partial charge in [-0.15, -0.1) is 0 Å². The molecule has 2 atom stereocenters. The van der Waals surface area contributed by atoms with Gasteiger partial charge in [-0.3, -0.25) is 0 Å². The fraction of sp³-hybridized carbons (Fsp3) is 0.294. The second kappa shape index (κ2) is 5.06. The summed E-state index contributed by atoms with van der Waals surface area (Å²) < 4.78 is 6.01. The summed E-state index contributed by atoms with van der Waals surface area (Å²) in [6, 6.07) is 17.2. The van der Waals surface area contributed by atoms with Crippen molar-refractivity contribution in [3.63, 3.8) is 0 Å². The smallest absolute Gasteiger partial charge is 0.131 e. The molecule has 2 aromatic rings. The molecule has 0 aromatic heterocycles. The molecule has 1 aliphatic rings. The van der Waals surface area contributed by atoms with Crippen molar-refractivity contribution in [1.82, 2.24) is 5.32 Å². The summed E-state index contributed by atoms with van der Waals surface area (Å²) in [5, 5.41) is 3.41. The molecular formula is C17H19NO. The second-order valence-electron chi connectivity index (χ2n) is 5.14. The highest BCUT2D eigenvalue weighted by Crippen LogP contribution is 2.41. The molecule has 1 N–H and O–H groups in total. The van der Waals surface area contributed by atoms with Crippen LogP contribution in [0, 0.1) is 5.92 Å². The van der Waals surface area contributed by atoms with Crippen molar-refractivity contribution in [3.05, 3.63) is 54.1 Å². The van der Waals surface area contributed by atoms with Crippen molar-refractivity contribution in [2.75, 3.05) is 13.7 Å². The molecule has 0 radical (unpaired) electrons. The van der Waals surface area contributed by atoms with Gasteiger partial charge in [-0.1, -0.05) is 55.5 Å². The summed E-state index contributed by atoms with van der Waals surface area (Å²) >= 11 is 0. The summed E-state index contributed by atoms with van der Waals surface area (Å²) in [7, 11) is 2.02. The molecule has 1 aliphatic heterocycles. The number of benzene rings is 2. The highest BCUT2D eigenvalue weighted by Gasteiger charge is 2.28. The van der Waals surface area contributed by atoms with Gasteiger partial charge in [0.05, 0.1) is 6.61 Å². The Balaban J connectivity index is 2.12. The van der Waals surface area contributed by atoms with E-state index in [1.165, 1.54) is 16.7 Å². The first-order valence-electron chi connectivity index (χ1n) is 6.79. The van der Waals surface area contributed by atoms with Gasteiger partial charge in [0.25, 0.3) is 0 Å². The van der Waals surface area contributed by atoms with Crippen LogP contribution in [-0.2, 0) is 0 Å². The number of nitrogens with one attached hydrogen (secondary N) is 1. The molecule has 3 rings (SSSR count). The van der Waals surface area contributed by atoms with Gasteiger partial charge >= 0.3 is 0 Å². The van der Waals surface area contributed by atoms with Gasteiger partial charge in [-0.05, 0) is 12.6 Å². The van der Waals surface area contributed by atoms with Crippen LogP contribution in [0.25, 0.3) is 11.1 Å². The van der Waals surface area contributed by atoms with Crippen LogP contribution in [0.2, 0.25) is 0 Å². The number of fused-ring (bicyclic) bond motifs is 1. The molecule has 1 heterocycles. The lowest BCUT2D eigenvalue weighted by Crippen LogP contribution is -2.32. The first kappa shape index (κ1) is 12.2. The predicted molar refractivity (Wildman–Crippen MR) is 78.3 cm³/mol. The molecule has 0 spiro atoms. The van der Waals surface area contributed by atoms with Crippen LogP contribution in [0.15, 0.2) is 48.5 Å². The van der Waals surface area contributed by atoms with Gasteiger partial charge in [0, 0.05) is 23.1 Å². The minimum absolute atomic E-state index is 0.368. The first-order valence-corrected chi connectivity index (χ1v) is 6.79. The Morgan fingerprint density at radius 2 is 1.84 bits per heavy atom. The van der Waals surface area contributed by atoms with Crippen LogP contribution >= 0.6 is 0 Å². The number of rotatable bonds is 2. The third-order valence-corrected chi connectivity index (χ3v) is 3.84. The fourth-order valence-electron chi connectivity index (χ4n) is 2.86. The van der Waals surface area contributed by atoms with Gasteiger partial charge in [-0.25, -0.2) is 0 Å². The molecule has 0 fully saturated rings. The Morgan fingerprint density at radius 3 is 2.58 bits per heavy atom. The van der Waals surface area contributed by atoms with Gasteiger partial charge < -0.3 is 10.1 Å². The van der Waals surface area contributed by atoms with Gasteiger partial charge in [0.1, 0.15) is 5.75 Å². The minimum Gasteiger partial charge on any atom is -0.492 e. The third kappa shape index (κ3) is 2.13. The summed E-state index contributed by atoms with van der Waals surface area (Å²) in [5.74, 6) is 1.52. The standard InChI is InChI=1S/C17H19NO/c1-12-11-19-17-14(13-7-4-3-5-8-13)9-6-10-15(17)16(12)18-2/h3-10,12,16,18H,11H2,1-2H3. The topological polar surface area (TPSA) is 21.3 Å². The van der Waals surface area contributed by atoms with Gasteiger partial charge in [0.2, 0.25) is 0 Å². The molecule has 2 nitrogen and oxygen atoms in total. The third-order valence-electron chi connectivity index (χ3n) is 3.84. The monoisotopic (exact) mass is 253 g/mol. The summed E-state index contributed by atoms with van der Waals surface area (Å²) in [5.41, 5.74) is 3.66. The van der Waals surface area contributed by atoms with E-state index in [1.807, 2.05) is 13.1 Å². The summed E-state index contributed by atoms with van der Waals surface area (Å²) in [6.45, 7) is 2.99. The Labute approximate surface area is 114 Å². The molecule has 0 amide bonds. The molecule has 2 aromatic carbocycles. The van der Waals surface area contributed by atoms with E-state index < -0.39 is 0 Å². The van der Waals surface area contributed by atoms with E-state index >= 15 is 0 Å². The fourth-order valence-corrected chi connectivity index (χ4v) is 2.86. The molecule has 2 heteroatoms. The number of hydrogen-bond acceptors (Lipinski definition) is 2. The Hall–Kier alpha value is -1.80. The molecular weight excluding hydrogens is 234 g/mol. The van der Waals surface area contributed by atoms with Crippen molar-refractivity contribution < 1.29 is 4.74 Å². The van der Waals surface area contributed by atoms with Crippen molar-refractivity contribution in [2.45, 2.75) is 13.0 Å². The molecule has 19 heavy (non-hydrogen) atoms. The van der Waals surface area contributed by atoms with E-state index in [1.54, 1.807) is 0 Å². The minimum atomic E-state index is 0.368. The molecule has 0 saturated carbocycles. The second-order valence-corrected chi connectivity index (χ2v) is 5.14. The van der Waals surface area contributed by atoms with Gasteiger partial charge in [-0.2, -0.15) is 0 Å². The predicted octanol–water partition coefficient (Wildman–Crippen LogP) is 3.64. The van der Waals surface area contributed by atoms with Crippen LogP contribution in [0.5, 0.6) is 5.75 Å².